The van der Waals surface area contributed by atoms with Crippen molar-refractivity contribution >= 4 is 11.8 Å². The molecule has 1 aromatic carbocycles. The second-order valence-electron chi connectivity index (χ2n) is 5.12. The lowest BCUT2D eigenvalue weighted by Crippen LogP contribution is -2.31. The van der Waals surface area contributed by atoms with Gasteiger partial charge in [-0.3, -0.25) is 0 Å². The molecule has 3 nitrogen and oxygen atoms in total. The molecular formula is C16H28N2OS. The minimum atomic E-state index is 0.530. The Kier molecular flexibility index (Phi) is 8.74. The SMILES string of the molecule is CSCCC(C)N(C)CCCOc1ccccc1CN. The van der Waals surface area contributed by atoms with Crippen molar-refractivity contribution in [1.82, 2.24) is 4.90 Å². The molecule has 2 N–H and O–H groups in total. The first-order valence-electron chi connectivity index (χ1n) is 7.29. The number of nitrogens with zero attached hydrogens (tertiary/aromatic N) is 1. The zero-order valence-corrected chi connectivity index (χ0v) is 13.8. The Bertz CT molecular complexity index is 373. The van der Waals surface area contributed by atoms with Gasteiger partial charge in [-0.1, -0.05) is 18.2 Å². The van der Waals surface area contributed by atoms with Crippen LogP contribution in [0.3, 0.4) is 0 Å². The molecule has 1 rings (SSSR count). The summed E-state index contributed by atoms with van der Waals surface area (Å²) in [5, 5.41) is 0. The lowest BCUT2D eigenvalue weighted by atomic mass is 10.2. The van der Waals surface area contributed by atoms with Crippen LogP contribution in [0, 0.1) is 0 Å². The quantitative estimate of drug-likeness (QED) is 0.674. The number of ether oxygens (including phenoxy) is 1. The molecule has 1 atom stereocenters. The van der Waals surface area contributed by atoms with Crippen LogP contribution >= 0.6 is 11.8 Å². The molecule has 0 aliphatic carbocycles. The maximum absolute atomic E-state index is 5.83. The van der Waals surface area contributed by atoms with Crippen molar-refractivity contribution in [2.75, 3.05) is 32.2 Å². The molecule has 1 aromatic rings. The Morgan fingerprint density at radius 1 is 1.35 bits per heavy atom. The highest BCUT2D eigenvalue weighted by atomic mass is 32.2. The molecule has 0 aliphatic rings. The number of para-hydroxylation sites is 1. The molecule has 0 saturated carbocycles. The van der Waals surface area contributed by atoms with Gasteiger partial charge in [0, 0.05) is 24.7 Å². The van der Waals surface area contributed by atoms with Crippen LogP contribution in [0.15, 0.2) is 24.3 Å². The molecule has 20 heavy (non-hydrogen) atoms. The Hall–Kier alpha value is -0.710. The highest BCUT2D eigenvalue weighted by Gasteiger charge is 2.08. The van der Waals surface area contributed by atoms with E-state index in [1.807, 2.05) is 36.0 Å². The maximum atomic E-state index is 5.83. The third-order valence-electron chi connectivity index (χ3n) is 3.60. The van der Waals surface area contributed by atoms with E-state index in [4.69, 9.17) is 10.5 Å². The number of nitrogens with two attached hydrogens (primary N) is 1. The van der Waals surface area contributed by atoms with Gasteiger partial charge in [-0.25, -0.2) is 0 Å². The number of hydrogen-bond donors (Lipinski definition) is 1. The molecule has 0 bridgehead atoms. The molecule has 0 aliphatic heterocycles. The van der Waals surface area contributed by atoms with Gasteiger partial charge >= 0.3 is 0 Å². The molecule has 0 aromatic heterocycles. The van der Waals surface area contributed by atoms with E-state index in [-0.39, 0.29) is 0 Å². The highest BCUT2D eigenvalue weighted by molar-refractivity contribution is 7.98. The zero-order chi connectivity index (χ0) is 14.8. The van der Waals surface area contributed by atoms with Gasteiger partial charge in [0.15, 0.2) is 0 Å². The average Bonchev–Trinajstić information content (AvgIpc) is 2.49. The number of rotatable bonds is 10. The molecule has 4 heteroatoms. The number of hydrogen-bond acceptors (Lipinski definition) is 4. The minimum absolute atomic E-state index is 0.530. The van der Waals surface area contributed by atoms with Crippen LogP contribution in [0.25, 0.3) is 0 Å². The summed E-state index contributed by atoms with van der Waals surface area (Å²) in [5.41, 5.74) is 6.78. The number of benzene rings is 1. The van der Waals surface area contributed by atoms with Crippen LogP contribution < -0.4 is 10.5 Å². The van der Waals surface area contributed by atoms with Crippen LogP contribution in [0.1, 0.15) is 25.3 Å². The third-order valence-corrected chi connectivity index (χ3v) is 4.24. The maximum Gasteiger partial charge on any atom is 0.123 e. The molecule has 0 heterocycles. The van der Waals surface area contributed by atoms with Crippen LogP contribution in [0.2, 0.25) is 0 Å². The second kappa shape index (κ2) is 10.1. The monoisotopic (exact) mass is 296 g/mol. The zero-order valence-electron chi connectivity index (χ0n) is 13.0. The predicted molar refractivity (Wildman–Crippen MR) is 89.5 cm³/mol. The van der Waals surface area contributed by atoms with Gasteiger partial charge in [-0.15, -0.1) is 0 Å². The van der Waals surface area contributed by atoms with Crippen LogP contribution in [-0.2, 0) is 6.54 Å². The molecular weight excluding hydrogens is 268 g/mol. The van der Waals surface area contributed by atoms with Gasteiger partial charge in [0.05, 0.1) is 6.61 Å². The molecule has 0 spiro atoms. The van der Waals surface area contributed by atoms with Crippen molar-refractivity contribution in [2.24, 2.45) is 5.73 Å². The van der Waals surface area contributed by atoms with Crippen molar-refractivity contribution in [3.8, 4) is 5.75 Å². The first-order valence-corrected chi connectivity index (χ1v) is 8.68. The van der Waals surface area contributed by atoms with E-state index >= 15 is 0 Å². The fraction of sp³-hybridized carbons (Fsp3) is 0.625. The van der Waals surface area contributed by atoms with E-state index in [0.717, 1.165) is 30.9 Å². The van der Waals surface area contributed by atoms with Crippen molar-refractivity contribution in [2.45, 2.75) is 32.4 Å². The largest absolute Gasteiger partial charge is 0.493 e. The van der Waals surface area contributed by atoms with Gasteiger partial charge in [-0.05, 0) is 44.9 Å². The Balaban J connectivity index is 2.24. The van der Waals surface area contributed by atoms with Crippen molar-refractivity contribution in [3.05, 3.63) is 29.8 Å². The highest BCUT2D eigenvalue weighted by Crippen LogP contribution is 2.17. The summed E-state index contributed by atoms with van der Waals surface area (Å²) in [6.07, 6.45) is 4.45. The second-order valence-corrected chi connectivity index (χ2v) is 6.11. The lowest BCUT2D eigenvalue weighted by molar-refractivity contribution is 0.221. The van der Waals surface area contributed by atoms with Gasteiger partial charge in [0.2, 0.25) is 0 Å². The first-order chi connectivity index (χ1) is 9.69. The summed E-state index contributed by atoms with van der Waals surface area (Å²) < 4.78 is 5.83. The predicted octanol–water partition coefficient (Wildman–Crippen LogP) is 2.99. The summed E-state index contributed by atoms with van der Waals surface area (Å²) in [4.78, 5) is 2.41. The normalized spacial score (nSPS) is 12.7. The standard InChI is InChI=1S/C16H28N2OS/c1-14(9-12-20-3)18(2)10-6-11-19-16-8-5-4-7-15(16)13-17/h4-5,7-8,14H,6,9-13,17H2,1-3H3. The molecule has 0 radical (unpaired) electrons. The van der Waals surface area contributed by atoms with Crippen LogP contribution in [0.4, 0.5) is 0 Å². The van der Waals surface area contributed by atoms with Gasteiger partial charge < -0.3 is 15.4 Å². The fourth-order valence-electron chi connectivity index (χ4n) is 2.04. The summed E-state index contributed by atoms with van der Waals surface area (Å²) in [7, 11) is 2.19. The van der Waals surface area contributed by atoms with Crippen LogP contribution in [-0.4, -0.2) is 43.1 Å². The van der Waals surface area contributed by atoms with E-state index in [0.29, 0.717) is 12.6 Å². The summed E-state index contributed by atoms with van der Waals surface area (Å²) in [5.74, 6) is 2.15. The molecule has 0 amide bonds. The molecule has 0 saturated heterocycles. The minimum Gasteiger partial charge on any atom is -0.493 e. The fourth-order valence-corrected chi connectivity index (χ4v) is 2.62. The van der Waals surface area contributed by atoms with Crippen molar-refractivity contribution in [1.29, 1.82) is 0 Å². The first kappa shape index (κ1) is 17.3. The number of thioether (sulfide) groups is 1. The lowest BCUT2D eigenvalue weighted by Gasteiger charge is -2.24. The van der Waals surface area contributed by atoms with E-state index in [9.17, 15) is 0 Å². The molecule has 0 fully saturated rings. The summed E-state index contributed by atoms with van der Waals surface area (Å²) in [6.45, 7) is 4.64. The Morgan fingerprint density at radius 2 is 2.10 bits per heavy atom. The topological polar surface area (TPSA) is 38.5 Å². The van der Waals surface area contributed by atoms with Gasteiger partial charge in [0.25, 0.3) is 0 Å². The summed E-state index contributed by atoms with van der Waals surface area (Å²) >= 11 is 1.91. The molecule has 1 unspecified atom stereocenters. The third kappa shape index (κ3) is 6.16. The smallest absolute Gasteiger partial charge is 0.123 e. The van der Waals surface area contributed by atoms with Gasteiger partial charge in [0.1, 0.15) is 5.75 Å². The molecule has 114 valence electrons. The van der Waals surface area contributed by atoms with Crippen molar-refractivity contribution in [3.63, 3.8) is 0 Å². The van der Waals surface area contributed by atoms with E-state index in [2.05, 4.69) is 25.1 Å². The average molecular weight is 296 g/mol. The van der Waals surface area contributed by atoms with E-state index in [1.165, 1.54) is 12.2 Å². The Labute approximate surface area is 127 Å². The Morgan fingerprint density at radius 3 is 2.80 bits per heavy atom. The van der Waals surface area contributed by atoms with Gasteiger partial charge in [-0.2, -0.15) is 11.8 Å². The van der Waals surface area contributed by atoms with Crippen LogP contribution in [0.5, 0.6) is 5.75 Å². The summed E-state index contributed by atoms with van der Waals surface area (Å²) in [6, 6.07) is 8.64. The van der Waals surface area contributed by atoms with Crippen molar-refractivity contribution < 1.29 is 4.74 Å². The van der Waals surface area contributed by atoms with E-state index < -0.39 is 0 Å². The van der Waals surface area contributed by atoms with E-state index in [1.54, 1.807) is 0 Å².